The maximum absolute atomic E-state index is 12.5. The normalized spacial score (nSPS) is 12.1. The molecule has 22 heavy (non-hydrogen) atoms. The number of benzene rings is 1. The Kier molecular flexibility index (Phi) is 10.1. The molecule has 1 rings (SSSR count). The molecule has 0 radical (unpaired) electrons. The Morgan fingerprint density at radius 3 is 2.23 bits per heavy atom. The third-order valence-corrected chi connectivity index (χ3v) is 3.38. The molecule has 1 aromatic carbocycles. The van der Waals surface area contributed by atoms with Gasteiger partial charge in [0.1, 0.15) is 0 Å². The molecule has 1 atom stereocenters. The van der Waals surface area contributed by atoms with E-state index in [0.717, 1.165) is 25.2 Å². The predicted molar refractivity (Wildman–Crippen MR) is 95.2 cm³/mol. The Morgan fingerprint density at radius 2 is 1.73 bits per heavy atom. The summed E-state index contributed by atoms with van der Waals surface area (Å²) in [7, 11) is 4.04. The molecule has 0 fully saturated rings. The van der Waals surface area contributed by atoms with Crippen molar-refractivity contribution in [3.05, 3.63) is 35.9 Å². The molecule has 0 saturated carbocycles. The van der Waals surface area contributed by atoms with Gasteiger partial charge in [-0.05, 0) is 25.6 Å². The molecule has 5 heteroatoms. The van der Waals surface area contributed by atoms with Crippen molar-refractivity contribution in [3.63, 3.8) is 0 Å². The number of nitrogens with zero attached hydrogens (tertiary/aromatic N) is 2. The minimum absolute atomic E-state index is 0. The van der Waals surface area contributed by atoms with Crippen molar-refractivity contribution in [2.45, 2.75) is 26.3 Å². The van der Waals surface area contributed by atoms with Crippen molar-refractivity contribution in [2.75, 3.05) is 33.7 Å². The van der Waals surface area contributed by atoms with E-state index >= 15 is 0 Å². The number of likely N-dealkylation sites (N-methyl/N-ethyl adjacent to an activating group) is 1. The number of rotatable bonds is 8. The van der Waals surface area contributed by atoms with Crippen LogP contribution < -0.4 is 5.73 Å². The number of halogens is 1. The second kappa shape index (κ2) is 10.6. The zero-order valence-electron chi connectivity index (χ0n) is 14.2. The van der Waals surface area contributed by atoms with E-state index in [2.05, 4.69) is 18.7 Å². The Morgan fingerprint density at radius 1 is 1.14 bits per heavy atom. The van der Waals surface area contributed by atoms with Crippen LogP contribution in [0.5, 0.6) is 0 Å². The fraction of sp³-hybridized carbons (Fsp3) is 0.588. The van der Waals surface area contributed by atoms with Crippen LogP contribution in [0.2, 0.25) is 0 Å². The minimum Gasteiger partial charge on any atom is -0.341 e. The third kappa shape index (κ3) is 7.78. The van der Waals surface area contributed by atoms with Crippen molar-refractivity contribution in [1.29, 1.82) is 0 Å². The molecule has 1 amide bonds. The topological polar surface area (TPSA) is 49.6 Å². The Bertz CT molecular complexity index is 423. The van der Waals surface area contributed by atoms with Gasteiger partial charge in [0.05, 0.1) is 0 Å². The average molecular weight is 328 g/mol. The van der Waals surface area contributed by atoms with Gasteiger partial charge in [0.25, 0.3) is 0 Å². The zero-order valence-corrected chi connectivity index (χ0v) is 15.0. The summed E-state index contributed by atoms with van der Waals surface area (Å²) >= 11 is 0. The first-order chi connectivity index (χ1) is 9.90. The Balaban J connectivity index is 0.00000441. The van der Waals surface area contributed by atoms with Crippen LogP contribution in [0.1, 0.15) is 31.9 Å². The molecule has 0 aliphatic heterocycles. The Hall–Kier alpha value is -1.10. The van der Waals surface area contributed by atoms with Gasteiger partial charge in [0.15, 0.2) is 0 Å². The second-order valence-electron chi connectivity index (χ2n) is 6.26. The van der Waals surface area contributed by atoms with Crippen LogP contribution in [-0.4, -0.2) is 49.4 Å². The minimum atomic E-state index is -0.229. The monoisotopic (exact) mass is 327 g/mol. The summed E-state index contributed by atoms with van der Waals surface area (Å²) in [5, 5.41) is 0. The summed E-state index contributed by atoms with van der Waals surface area (Å²) < 4.78 is 0. The molecule has 1 aromatic rings. The van der Waals surface area contributed by atoms with Gasteiger partial charge in [-0.25, -0.2) is 0 Å². The number of hydrogen-bond donors (Lipinski definition) is 1. The van der Waals surface area contributed by atoms with Crippen molar-refractivity contribution in [1.82, 2.24) is 9.80 Å². The van der Waals surface area contributed by atoms with E-state index in [4.69, 9.17) is 5.73 Å². The first-order valence-electron chi connectivity index (χ1n) is 7.63. The van der Waals surface area contributed by atoms with E-state index in [-0.39, 0.29) is 24.4 Å². The van der Waals surface area contributed by atoms with Crippen LogP contribution in [0.3, 0.4) is 0 Å². The standard InChI is InChI=1S/C17H29N3O.ClH/c1-14(2)13-20(11-10-19(3)4)17(21)12-16(18)15-8-6-5-7-9-15;/h5-9,14,16H,10-13,18H2,1-4H3;1H. The van der Waals surface area contributed by atoms with Gasteiger partial charge in [-0.3, -0.25) is 4.79 Å². The molecule has 1 unspecified atom stereocenters. The molecule has 4 nitrogen and oxygen atoms in total. The smallest absolute Gasteiger partial charge is 0.224 e. The van der Waals surface area contributed by atoms with E-state index in [9.17, 15) is 4.79 Å². The molecule has 0 saturated heterocycles. The molecule has 2 N–H and O–H groups in total. The molecule has 126 valence electrons. The highest BCUT2D eigenvalue weighted by molar-refractivity contribution is 5.85. The molecule has 0 spiro atoms. The van der Waals surface area contributed by atoms with E-state index in [1.165, 1.54) is 0 Å². The molecule has 0 aliphatic rings. The van der Waals surface area contributed by atoms with E-state index in [1.807, 2.05) is 49.3 Å². The maximum atomic E-state index is 12.5. The number of hydrogen-bond acceptors (Lipinski definition) is 3. The largest absolute Gasteiger partial charge is 0.341 e. The van der Waals surface area contributed by atoms with Gasteiger partial charge in [-0.15, -0.1) is 12.4 Å². The van der Waals surface area contributed by atoms with Gasteiger partial charge >= 0.3 is 0 Å². The Labute approximate surface area is 141 Å². The molecular formula is C17H30ClN3O. The van der Waals surface area contributed by atoms with Gasteiger partial charge < -0.3 is 15.5 Å². The highest BCUT2D eigenvalue weighted by atomic mass is 35.5. The fourth-order valence-corrected chi connectivity index (χ4v) is 2.21. The second-order valence-corrected chi connectivity index (χ2v) is 6.26. The predicted octanol–water partition coefficient (Wildman–Crippen LogP) is 2.54. The van der Waals surface area contributed by atoms with Crippen molar-refractivity contribution >= 4 is 18.3 Å². The third-order valence-electron chi connectivity index (χ3n) is 3.38. The highest BCUT2D eigenvalue weighted by Gasteiger charge is 2.18. The van der Waals surface area contributed by atoms with E-state index in [1.54, 1.807) is 0 Å². The summed E-state index contributed by atoms with van der Waals surface area (Å²) in [5.74, 6) is 0.603. The van der Waals surface area contributed by atoms with Gasteiger partial charge in [0.2, 0.25) is 5.91 Å². The summed E-state index contributed by atoms with van der Waals surface area (Å²) in [6, 6.07) is 9.59. The number of nitrogens with two attached hydrogens (primary N) is 1. The summed E-state index contributed by atoms with van der Waals surface area (Å²) in [4.78, 5) is 16.5. The van der Waals surface area contributed by atoms with Crippen LogP contribution in [0.25, 0.3) is 0 Å². The molecule has 0 aromatic heterocycles. The van der Waals surface area contributed by atoms with Crippen LogP contribution in [0.15, 0.2) is 30.3 Å². The van der Waals surface area contributed by atoms with Crippen molar-refractivity contribution < 1.29 is 4.79 Å². The lowest BCUT2D eigenvalue weighted by Gasteiger charge is -2.27. The van der Waals surface area contributed by atoms with E-state index < -0.39 is 0 Å². The quantitative estimate of drug-likeness (QED) is 0.798. The van der Waals surface area contributed by atoms with Crippen molar-refractivity contribution in [3.8, 4) is 0 Å². The lowest BCUT2D eigenvalue weighted by molar-refractivity contribution is -0.132. The number of amides is 1. The van der Waals surface area contributed by atoms with E-state index in [0.29, 0.717) is 12.3 Å². The summed E-state index contributed by atoms with van der Waals surface area (Å²) in [6.45, 7) is 6.68. The van der Waals surface area contributed by atoms with Crippen LogP contribution in [-0.2, 0) is 4.79 Å². The zero-order chi connectivity index (χ0) is 15.8. The lowest BCUT2D eigenvalue weighted by Crippen LogP contribution is -2.40. The molecule has 0 aliphatic carbocycles. The van der Waals surface area contributed by atoms with Crippen LogP contribution in [0.4, 0.5) is 0 Å². The van der Waals surface area contributed by atoms with Gasteiger partial charge in [-0.2, -0.15) is 0 Å². The number of carbonyl (C=O) groups is 1. The average Bonchev–Trinajstić information content (AvgIpc) is 2.43. The summed E-state index contributed by atoms with van der Waals surface area (Å²) in [5.41, 5.74) is 7.18. The molecule has 0 bridgehead atoms. The van der Waals surface area contributed by atoms with Gasteiger partial charge in [-0.1, -0.05) is 44.2 Å². The molecular weight excluding hydrogens is 298 g/mol. The van der Waals surface area contributed by atoms with Crippen molar-refractivity contribution in [2.24, 2.45) is 11.7 Å². The van der Waals surface area contributed by atoms with Crippen LogP contribution in [0, 0.1) is 5.92 Å². The number of carbonyl (C=O) groups excluding carboxylic acids is 1. The van der Waals surface area contributed by atoms with Gasteiger partial charge in [0, 0.05) is 32.1 Å². The molecule has 0 heterocycles. The fourth-order valence-electron chi connectivity index (χ4n) is 2.21. The lowest BCUT2D eigenvalue weighted by atomic mass is 10.0. The summed E-state index contributed by atoms with van der Waals surface area (Å²) in [6.07, 6.45) is 0.365. The highest BCUT2D eigenvalue weighted by Crippen LogP contribution is 2.15. The first-order valence-corrected chi connectivity index (χ1v) is 7.63. The SMILES string of the molecule is CC(C)CN(CCN(C)C)C(=O)CC(N)c1ccccc1.Cl. The maximum Gasteiger partial charge on any atom is 0.224 e. The van der Waals surface area contributed by atoms with Crippen LogP contribution >= 0.6 is 12.4 Å². The first kappa shape index (κ1) is 20.9.